The molecule has 2 aromatic carbocycles. The lowest BCUT2D eigenvalue weighted by atomic mass is 10.0. The van der Waals surface area contributed by atoms with Crippen molar-refractivity contribution in [1.82, 2.24) is 0 Å². The Morgan fingerprint density at radius 1 is 0.905 bits per heavy atom. The van der Waals surface area contributed by atoms with Gasteiger partial charge in [-0.05, 0) is 43.9 Å². The van der Waals surface area contributed by atoms with Gasteiger partial charge < -0.3 is 5.73 Å². The van der Waals surface area contributed by atoms with Crippen LogP contribution in [0, 0.1) is 6.92 Å². The zero-order valence-corrected chi connectivity index (χ0v) is 12.8. The SMILES string of the molecule is CC1=CCCC=C1.Cc1ccc(-c2ccccc2)c(N)c1. The van der Waals surface area contributed by atoms with E-state index >= 15 is 0 Å². The predicted octanol–water partition coefficient (Wildman–Crippen LogP) is 5.53. The highest BCUT2D eigenvalue weighted by atomic mass is 14.6. The van der Waals surface area contributed by atoms with Crippen LogP contribution in [0.5, 0.6) is 0 Å². The molecule has 0 fully saturated rings. The van der Waals surface area contributed by atoms with Crippen molar-refractivity contribution in [3.8, 4) is 11.1 Å². The molecule has 0 amide bonds. The first-order valence-corrected chi connectivity index (χ1v) is 7.41. The Kier molecular flexibility index (Phi) is 5.39. The van der Waals surface area contributed by atoms with Crippen molar-refractivity contribution in [2.24, 2.45) is 0 Å². The summed E-state index contributed by atoms with van der Waals surface area (Å²) in [6, 6.07) is 16.3. The minimum atomic E-state index is 0.844. The van der Waals surface area contributed by atoms with E-state index in [0.717, 1.165) is 11.3 Å². The van der Waals surface area contributed by atoms with E-state index in [1.807, 2.05) is 31.2 Å². The maximum absolute atomic E-state index is 5.95. The summed E-state index contributed by atoms with van der Waals surface area (Å²) >= 11 is 0. The normalized spacial score (nSPS) is 13.1. The first-order valence-electron chi connectivity index (χ1n) is 7.41. The Bertz CT molecular complexity index is 636. The molecule has 1 nitrogen and oxygen atoms in total. The van der Waals surface area contributed by atoms with Crippen molar-refractivity contribution < 1.29 is 0 Å². The van der Waals surface area contributed by atoms with Crippen LogP contribution in [-0.2, 0) is 0 Å². The number of nitrogens with two attached hydrogens (primary N) is 1. The molecule has 0 atom stereocenters. The van der Waals surface area contributed by atoms with Crippen LogP contribution in [0.4, 0.5) is 5.69 Å². The fourth-order valence-corrected chi connectivity index (χ4v) is 2.31. The average molecular weight is 277 g/mol. The molecule has 2 N–H and O–H groups in total. The fraction of sp³-hybridized carbons (Fsp3) is 0.200. The third-order valence-corrected chi connectivity index (χ3v) is 3.47. The standard InChI is InChI=1S/C13H13N.C7H10/c1-10-7-8-12(13(14)9-10)11-5-3-2-4-6-11;1-7-5-3-2-4-6-7/h2-9H,14H2,1H3;3,5-6H,2,4H2,1H3. The molecular formula is C20H23N. The minimum Gasteiger partial charge on any atom is -0.398 e. The maximum Gasteiger partial charge on any atom is 0.0396 e. The number of anilines is 1. The third kappa shape index (κ3) is 4.64. The molecule has 108 valence electrons. The van der Waals surface area contributed by atoms with Gasteiger partial charge in [-0.1, -0.05) is 66.3 Å². The first-order chi connectivity index (χ1) is 10.2. The number of hydrogen-bond donors (Lipinski definition) is 1. The van der Waals surface area contributed by atoms with Crippen LogP contribution in [0.25, 0.3) is 11.1 Å². The Labute approximate surface area is 127 Å². The van der Waals surface area contributed by atoms with Crippen LogP contribution in [0.2, 0.25) is 0 Å². The highest BCUT2D eigenvalue weighted by molar-refractivity contribution is 5.76. The van der Waals surface area contributed by atoms with Crippen LogP contribution < -0.4 is 5.73 Å². The molecule has 0 aromatic heterocycles. The summed E-state index contributed by atoms with van der Waals surface area (Å²) in [5.74, 6) is 0. The van der Waals surface area contributed by atoms with E-state index in [1.165, 1.54) is 29.5 Å². The molecule has 0 saturated carbocycles. The van der Waals surface area contributed by atoms with E-state index in [9.17, 15) is 0 Å². The lowest BCUT2D eigenvalue weighted by Gasteiger charge is -2.06. The van der Waals surface area contributed by atoms with Gasteiger partial charge in [0.15, 0.2) is 0 Å². The highest BCUT2D eigenvalue weighted by Gasteiger charge is 2.00. The Morgan fingerprint density at radius 3 is 2.19 bits per heavy atom. The number of hydrogen-bond acceptors (Lipinski definition) is 1. The summed E-state index contributed by atoms with van der Waals surface area (Å²) in [6.07, 6.45) is 9.12. The second kappa shape index (κ2) is 7.49. The molecule has 1 aliphatic rings. The lowest BCUT2D eigenvalue weighted by molar-refractivity contribution is 1.02. The van der Waals surface area contributed by atoms with Gasteiger partial charge in [-0.25, -0.2) is 0 Å². The van der Waals surface area contributed by atoms with Crippen LogP contribution in [0.1, 0.15) is 25.3 Å². The quantitative estimate of drug-likeness (QED) is 0.682. The lowest BCUT2D eigenvalue weighted by Crippen LogP contribution is -1.90. The molecular weight excluding hydrogens is 254 g/mol. The number of nitrogen functional groups attached to an aromatic ring is 1. The van der Waals surface area contributed by atoms with E-state index in [0.29, 0.717) is 0 Å². The van der Waals surface area contributed by atoms with Gasteiger partial charge in [0.05, 0.1) is 0 Å². The molecule has 0 spiro atoms. The van der Waals surface area contributed by atoms with Crippen molar-refractivity contribution in [2.45, 2.75) is 26.7 Å². The Hall–Kier alpha value is -2.28. The molecule has 0 saturated heterocycles. The molecule has 0 bridgehead atoms. The van der Waals surface area contributed by atoms with Gasteiger partial charge in [-0.2, -0.15) is 0 Å². The maximum atomic E-state index is 5.95. The minimum absolute atomic E-state index is 0.844. The van der Waals surface area contributed by atoms with Crippen LogP contribution >= 0.6 is 0 Å². The van der Waals surface area contributed by atoms with Crippen molar-refractivity contribution >= 4 is 5.69 Å². The number of aryl methyl sites for hydroxylation is 1. The molecule has 0 unspecified atom stereocenters. The van der Waals surface area contributed by atoms with Gasteiger partial charge in [0.1, 0.15) is 0 Å². The monoisotopic (exact) mass is 277 g/mol. The summed E-state index contributed by atoms with van der Waals surface area (Å²) in [7, 11) is 0. The van der Waals surface area contributed by atoms with Gasteiger partial charge in [-0.3, -0.25) is 0 Å². The molecule has 1 heteroatoms. The highest BCUT2D eigenvalue weighted by Crippen LogP contribution is 2.25. The molecule has 0 aliphatic heterocycles. The smallest absolute Gasteiger partial charge is 0.0396 e. The second-order valence-corrected chi connectivity index (χ2v) is 5.38. The molecule has 0 heterocycles. The van der Waals surface area contributed by atoms with E-state index in [2.05, 4.69) is 49.4 Å². The summed E-state index contributed by atoms with van der Waals surface area (Å²) in [5, 5.41) is 0. The summed E-state index contributed by atoms with van der Waals surface area (Å²) in [6.45, 7) is 4.18. The molecule has 0 radical (unpaired) electrons. The molecule has 2 aromatic rings. The third-order valence-electron chi connectivity index (χ3n) is 3.47. The van der Waals surface area contributed by atoms with Gasteiger partial charge >= 0.3 is 0 Å². The fourth-order valence-electron chi connectivity index (χ4n) is 2.31. The molecule has 3 rings (SSSR count). The predicted molar refractivity (Wildman–Crippen MR) is 93.2 cm³/mol. The molecule has 21 heavy (non-hydrogen) atoms. The van der Waals surface area contributed by atoms with Crippen molar-refractivity contribution in [3.63, 3.8) is 0 Å². The van der Waals surface area contributed by atoms with E-state index in [-0.39, 0.29) is 0 Å². The van der Waals surface area contributed by atoms with E-state index < -0.39 is 0 Å². The zero-order valence-electron chi connectivity index (χ0n) is 12.8. The summed E-state index contributed by atoms with van der Waals surface area (Å²) in [5.41, 5.74) is 11.7. The van der Waals surface area contributed by atoms with Gasteiger partial charge in [0, 0.05) is 11.3 Å². The summed E-state index contributed by atoms with van der Waals surface area (Å²) < 4.78 is 0. The molecule has 1 aliphatic carbocycles. The van der Waals surface area contributed by atoms with Crippen molar-refractivity contribution in [1.29, 1.82) is 0 Å². The van der Waals surface area contributed by atoms with Crippen LogP contribution in [-0.4, -0.2) is 0 Å². The Morgan fingerprint density at radius 2 is 1.67 bits per heavy atom. The van der Waals surface area contributed by atoms with E-state index in [1.54, 1.807) is 0 Å². The van der Waals surface area contributed by atoms with Crippen LogP contribution in [0.3, 0.4) is 0 Å². The van der Waals surface area contributed by atoms with Gasteiger partial charge in [0.25, 0.3) is 0 Å². The summed E-state index contributed by atoms with van der Waals surface area (Å²) in [4.78, 5) is 0. The van der Waals surface area contributed by atoms with Gasteiger partial charge in [-0.15, -0.1) is 0 Å². The van der Waals surface area contributed by atoms with Crippen molar-refractivity contribution in [2.75, 3.05) is 5.73 Å². The first kappa shape index (κ1) is 15.1. The van der Waals surface area contributed by atoms with E-state index in [4.69, 9.17) is 5.73 Å². The average Bonchev–Trinajstić information content (AvgIpc) is 2.49. The largest absolute Gasteiger partial charge is 0.398 e. The number of rotatable bonds is 1. The van der Waals surface area contributed by atoms with Crippen LogP contribution in [0.15, 0.2) is 72.3 Å². The Balaban J connectivity index is 0.000000194. The number of benzene rings is 2. The van der Waals surface area contributed by atoms with Crippen molar-refractivity contribution in [3.05, 3.63) is 77.9 Å². The second-order valence-electron chi connectivity index (χ2n) is 5.38. The topological polar surface area (TPSA) is 26.0 Å². The number of allylic oxidation sites excluding steroid dienone is 4. The zero-order chi connectivity index (χ0) is 15.1. The van der Waals surface area contributed by atoms with Gasteiger partial charge in [0.2, 0.25) is 0 Å².